The van der Waals surface area contributed by atoms with Crippen molar-refractivity contribution in [1.29, 1.82) is 0 Å². The summed E-state index contributed by atoms with van der Waals surface area (Å²) in [6, 6.07) is 0. The van der Waals surface area contributed by atoms with Gasteiger partial charge in [0.05, 0.1) is 5.69 Å². The van der Waals surface area contributed by atoms with Crippen molar-refractivity contribution in [3.63, 3.8) is 0 Å². The summed E-state index contributed by atoms with van der Waals surface area (Å²) in [7, 11) is 0. The fourth-order valence-corrected chi connectivity index (χ4v) is 1.06. The fraction of sp³-hybridized carbons (Fsp3) is 0.200. The Morgan fingerprint density at radius 3 is 2.78 bits per heavy atom. The van der Waals surface area contributed by atoms with Gasteiger partial charge in [0.1, 0.15) is 4.88 Å². The number of amides is 1. The maximum absolute atomic E-state index is 10.5. The van der Waals surface area contributed by atoms with E-state index in [0.717, 1.165) is 11.3 Å². The quantitative estimate of drug-likeness (QED) is 0.613. The third-order valence-electron chi connectivity index (χ3n) is 0.913. The van der Waals surface area contributed by atoms with Crippen molar-refractivity contribution in [2.75, 3.05) is 0 Å². The van der Waals surface area contributed by atoms with Crippen LogP contribution in [0.3, 0.4) is 0 Å². The molecule has 0 spiro atoms. The van der Waals surface area contributed by atoms with E-state index in [4.69, 9.17) is 5.73 Å². The number of aryl methyl sites for hydroxylation is 1. The molecule has 1 radical (unpaired) electrons. The van der Waals surface area contributed by atoms with E-state index < -0.39 is 5.91 Å². The van der Waals surface area contributed by atoms with Gasteiger partial charge in [0.25, 0.3) is 5.91 Å². The lowest BCUT2D eigenvalue weighted by Crippen LogP contribution is -2.09. The fourth-order valence-electron chi connectivity index (χ4n) is 0.490. The number of carbonyl (C=O) groups is 1. The second-order valence-electron chi connectivity index (χ2n) is 1.58. The van der Waals surface area contributed by atoms with Crippen LogP contribution in [0.5, 0.6) is 0 Å². The van der Waals surface area contributed by atoms with Crippen molar-refractivity contribution in [2.45, 2.75) is 6.92 Å². The van der Waals surface area contributed by atoms with Gasteiger partial charge in [-0.05, 0) is 6.92 Å². The van der Waals surface area contributed by atoms with E-state index in [-0.39, 0.29) is 0 Å². The van der Waals surface area contributed by atoms with Crippen LogP contribution >= 0.6 is 11.3 Å². The number of aromatic nitrogens is 1. The van der Waals surface area contributed by atoms with Crippen LogP contribution in [0.4, 0.5) is 0 Å². The summed E-state index contributed by atoms with van der Waals surface area (Å²) in [5, 5.41) is 0. The van der Waals surface area contributed by atoms with Crippen molar-refractivity contribution in [1.82, 2.24) is 4.98 Å². The van der Waals surface area contributed by atoms with Gasteiger partial charge in [0, 0.05) is 0 Å². The third kappa shape index (κ3) is 1.08. The average molecular weight is 141 g/mol. The Morgan fingerprint density at radius 2 is 2.56 bits per heavy atom. The van der Waals surface area contributed by atoms with Crippen LogP contribution in [-0.2, 0) is 0 Å². The van der Waals surface area contributed by atoms with Gasteiger partial charge in [-0.15, -0.1) is 11.3 Å². The number of rotatable bonds is 1. The van der Waals surface area contributed by atoms with Gasteiger partial charge in [-0.2, -0.15) is 0 Å². The summed E-state index contributed by atoms with van der Waals surface area (Å²) in [6.45, 7) is 1.73. The molecule has 1 rings (SSSR count). The van der Waals surface area contributed by atoms with E-state index in [9.17, 15) is 4.79 Å². The summed E-state index contributed by atoms with van der Waals surface area (Å²) in [5.74, 6) is -0.425. The topological polar surface area (TPSA) is 56.0 Å². The molecule has 4 heteroatoms. The normalized spacial score (nSPS) is 9.44. The molecule has 0 saturated carbocycles. The van der Waals surface area contributed by atoms with Crippen LogP contribution < -0.4 is 5.73 Å². The Bertz CT molecular complexity index is 231. The van der Waals surface area contributed by atoms with Crippen LogP contribution in [0, 0.1) is 12.4 Å². The molecule has 1 aromatic rings. The van der Waals surface area contributed by atoms with Crippen molar-refractivity contribution in [2.24, 2.45) is 5.73 Å². The number of primary amides is 1. The molecule has 0 unspecified atom stereocenters. The molecule has 1 amide bonds. The predicted molar refractivity (Wildman–Crippen MR) is 34.2 cm³/mol. The highest BCUT2D eigenvalue weighted by atomic mass is 32.1. The summed E-state index contributed by atoms with van der Waals surface area (Å²) in [5.41, 5.74) is 8.20. The van der Waals surface area contributed by atoms with Crippen molar-refractivity contribution >= 4 is 17.2 Å². The van der Waals surface area contributed by atoms with E-state index in [0.29, 0.717) is 10.6 Å². The smallest absolute Gasteiger partial charge is 0.260 e. The maximum Gasteiger partial charge on any atom is 0.260 e. The van der Waals surface area contributed by atoms with E-state index in [2.05, 4.69) is 10.5 Å². The predicted octanol–water partition coefficient (Wildman–Crippen LogP) is 0.351. The molecule has 0 aliphatic heterocycles. The minimum atomic E-state index is -0.425. The molecule has 0 aromatic carbocycles. The number of hydrogen-bond donors (Lipinski definition) is 1. The minimum absolute atomic E-state index is 0.425. The third-order valence-corrected chi connectivity index (χ3v) is 1.80. The molecular formula is C5H5N2OS. The Hall–Kier alpha value is -0.900. The lowest BCUT2D eigenvalue weighted by Gasteiger charge is -1.85. The highest BCUT2D eigenvalue weighted by Crippen LogP contribution is 2.08. The molecule has 0 fully saturated rings. The zero-order valence-corrected chi connectivity index (χ0v) is 5.66. The highest BCUT2D eigenvalue weighted by molar-refractivity contribution is 7.11. The van der Waals surface area contributed by atoms with Gasteiger partial charge in [-0.1, -0.05) is 0 Å². The molecule has 0 bridgehead atoms. The lowest BCUT2D eigenvalue weighted by molar-refractivity contribution is 0.100. The highest BCUT2D eigenvalue weighted by Gasteiger charge is 2.05. The summed E-state index contributed by atoms with van der Waals surface area (Å²) < 4.78 is 0. The van der Waals surface area contributed by atoms with Crippen LogP contribution in [0.25, 0.3) is 0 Å². The van der Waals surface area contributed by atoms with Crippen LogP contribution in [0.1, 0.15) is 15.4 Å². The standard InChI is InChI=1S/C5H5N2OS/c1-3-4(5(6)8)9-2-7-3/h1H3,(H2,6,8). The Kier molecular flexibility index (Phi) is 1.48. The molecule has 1 aromatic heterocycles. The SMILES string of the molecule is Cc1n[c]sc1C(N)=O. The van der Waals surface area contributed by atoms with Crippen LogP contribution in [0.15, 0.2) is 0 Å². The van der Waals surface area contributed by atoms with Crippen molar-refractivity contribution in [3.05, 3.63) is 16.1 Å². The van der Waals surface area contributed by atoms with Gasteiger partial charge in [0.15, 0.2) is 5.51 Å². The lowest BCUT2D eigenvalue weighted by atomic mass is 10.4. The maximum atomic E-state index is 10.5. The minimum Gasteiger partial charge on any atom is -0.365 e. The molecule has 0 saturated heterocycles. The second-order valence-corrected chi connectivity index (χ2v) is 2.38. The zero-order valence-electron chi connectivity index (χ0n) is 4.84. The first-order valence-electron chi connectivity index (χ1n) is 2.35. The number of nitrogens with two attached hydrogens (primary N) is 1. The van der Waals surface area contributed by atoms with Crippen molar-refractivity contribution < 1.29 is 4.79 Å². The molecule has 0 aliphatic rings. The van der Waals surface area contributed by atoms with Crippen LogP contribution in [-0.4, -0.2) is 10.9 Å². The first kappa shape index (κ1) is 6.22. The molecule has 2 N–H and O–H groups in total. The summed E-state index contributed by atoms with van der Waals surface area (Å²) in [6.07, 6.45) is 0. The molecular weight excluding hydrogens is 136 g/mol. The second kappa shape index (κ2) is 2.14. The van der Waals surface area contributed by atoms with E-state index in [1.807, 2.05) is 0 Å². The number of hydrogen-bond acceptors (Lipinski definition) is 3. The van der Waals surface area contributed by atoms with Gasteiger partial charge in [-0.3, -0.25) is 4.79 Å². The Balaban J connectivity index is 3.08. The Morgan fingerprint density at radius 1 is 1.89 bits per heavy atom. The van der Waals surface area contributed by atoms with Gasteiger partial charge in [0.2, 0.25) is 0 Å². The van der Waals surface area contributed by atoms with E-state index >= 15 is 0 Å². The molecule has 0 aliphatic carbocycles. The van der Waals surface area contributed by atoms with E-state index in [1.54, 1.807) is 6.92 Å². The first-order chi connectivity index (χ1) is 4.22. The van der Waals surface area contributed by atoms with E-state index in [1.165, 1.54) is 0 Å². The average Bonchev–Trinajstić information content (AvgIpc) is 2.13. The van der Waals surface area contributed by atoms with Gasteiger partial charge < -0.3 is 5.73 Å². The molecule has 9 heavy (non-hydrogen) atoms. The molecule has 3 nitrogen and oxygen atoms in total. The monoisotopic (exact) mass is 141 g/mol. The molecule has 1 heterocycles. The molecule has 47 valence electrons. The number of thiazole rings is 1. The number of carbonyl (C=O) groups excluding carboxylic acids is 1. The zero-order chi connectivity index (χ0) is 6.85. The Labute approximate surface area is 56.5 Å². The largest absolute Gasteiger partial charge is 0.365 e. The van der Waals surface area contributed by atoms with Crippen molar-refractivity contribution in [3.8, 4) is 0 Å². The van der Waals surface area contributed by atoms with Crippen LogP contribution in [0.2, 0.25) is 0 Å². The summed E-state index contributed by atoms with van der Waals surface area (Å²) in [4.78, 5) is 14.7. The van der Waals surface area contributed by atoms with Gasteiger partial charge in [-0.25, -0.2) is 4.98 Å². The van der Waals surface area contributed by atoms with Gasteiger partial charge >= 0.3 is 0 Å². The summed E-state index contributed by atoms with van der Waals surface area (Å²) >= 11 is 1.15. The first-order valence-corrected chi connectivity index (χ1v) is 3.16. The molecule has 0 atom stereocenters. The number of nitrogens with zero attached hydrogens (tertiary/aromatic N) is 1.